The molecule has 0 saturated heterocycles. The maximum atomic E-state index is 12.4. The highest BCUT2D eigenvalue weighted by molar-refractivity contribution is 6.32. The predicted octanol–water partition coefficient (Wildman–Crippen LogP) is 3.80. The number of carbonyl (C=O) groups is 1. The quantitative estimate of drug-likeness (QED) is 0.823. The van der Waals surface area contributed by atoms with Gasteiger partial charge >= 0.3 is 0 Å². The minimum atomic E-state index is 0.238. The summed E-state index contributed by atoms with van der Waals surface area (Å²) in [6, 6.07) is 0. The second-order valence-electron chi connectivity index (χ2n) is 5.59. The van der Waals surface area contributed by atoms with Crippen LogP contribution in [0.3, 0.4) is 0 Å². The van der Waals surface area contributed by atoms with Crippen LogP contribution < -0.4 is 0 Å². The summed E-state index contributed by atoms with van der Waals surface area (Å²) in [6.07, 6.45) is 4.94. The second kappa shape index (κ2) is 6.08. The monoisotopic (exact) mass is 282 g/mol. The van der Waals surface area contributed by atoms with Crippen molar-refractivity contribution >= 4 is 17.4 Å². The molecule has 1 aromatic rings. The molecule has 1 aliphatic rings. The Morgan fingerprint density at radius 3 is 2.74 bits per heavy atom. The first kappa shape index (κ1) is 14.6. The summed E-state index contributed by atoms with van der Waals surface area (Å²) in [4.78, 5) is 12.4. The Balaban J connectivity index is 2.07. The zero-order valence-electron chi connectivity index (χ0n) is 12.1. The fourth-order valence-corrected chi connectivity index (χ4v) is 3.29. The summed E-state index contributed by atoms with van der Waals surface area (Å²) < 4.78 is 1.86. The SMILES string of the molecule is CCC1CCC(C(=O)Cc2c(Cl)c(C)nn2CC)C1. The lowest BCUT2D eigenvalue weighted by atomic mass is 9.96. The van der Waals surface area contributed by atoms with Gasteiger partial charge in [-0.1, -0.05) is 24.9 Å². The van der Waals surface area contributed by atoms with Crippen molar-refractivity contribution < 1.29 is 4.79 Å². The lowest BCUT2D eigenvalue weighted by Crippen LogP contribution is -2.17. The molecule has 0 amide bonds. The third-order valence-corrected chi connectivity index (χ3v) is 4.86. The normalized spacial score (nSPS) is 22.9. The summed E-state index contributed by atoms with van der Waals surface area (Å²) in [5.74, 6) is 1.32. The van der Waals surface area contributed by atoms with E-state index in [2.05, 4.69) is 12.0 Å². The van der Waals surface area contributed by atoms with E-state index in [9.17, 15) is 4.79 Å². The zero-order chi connectivity index (χ0) is 14.0. The van der Waals surface area contributed by atoms with Crippen LogP contribution in [0, 0.1) is 18.8 Å². The summed E-state index contributed by atoms with van der Waals surface area (Å²) >= 11 is 6.26. The zero-order valence-corrected chi connectivity index (χ0v) is 12.8. The first-order chi connectivity index (χ1) is 9.06. The summed E-state index contributed by atoms with van der Waals surface area (Å²) in [5, 5.41) is 5.04. The van der Waals surface area contributed by atoms with E-state index >= 15 is 0 Å². The molecule has 0 aliphatic heterocycles. The van der Waals surface area contributed by atoms with Crippen molar-refractivity contribution in [3.8, 4) is 0 Å². The standard InChI is InChI=1S/C15H23ClN2O/c1-4-11-6-7-12(8-11)14(19)9-13-15(16)10(3)17-18(13)5-2/h11-12H,4-9H2,1-3H3. The highest BCUT2D eigenvalue weighted by Crippen LogP contribution is 2.34. The number of nitrogens with zero attached hydrogens (tertiary/aromatic N) is 2. The van der Waals surface area contributed by atoms with Crippen LogP contribution in [-0.2, 0) is 17.8 Å². The molecule has 0 bridgehead atoms. The number of Topliss-reactive ketones (excluding diaryl/α,β-unsaturated/α-hetero) is 1. The first-order valence-electron chi connectivity index (χ1n) is 7.31. The van der Waals surface area contributed by atoms with Crippen LogP contribution in [-0.4, -0.2) is 15.6 Å². The van der Waals surface area contributed by atoms with Gasteiger partial charge in [-0.2, -0.15) is 5.10 Å². The van der Waals surface area contributed by atoms with Crippen molar-refractivity contribution in [1.82, 2.24) is 9.78 Å². The molecule has 2 rings (SSSR count). The van der Waals surface area contributed by atoms with Crippen LogP contribution in [0.5, 0.6) is 0 Å². The van der Waals surface area contributed by atoms with Gasteiger partial charge in [0.15, 0.2) is 0 Å². The molecule has 1 fully saturated rings. The summed E-state index contributed by atoms with van der Waals surface area (Å²) in [5.41, 5.74) is 1.72. The summed E-state index contributed by atoms with van der Waals surface area (Å²) in [6.45, 7) is 6.90. The van der Waals surface area contributed by atoms with E-state index in [0.717, 1.165) is 36.7 Å². The maximum Gasteiger partial charge on any atom is 0.141 e. The van der Waals surface area contributed by atoms with E-state index < -0.39 is 0 Å². The van der Waals surface area contributed by atoms with Crippen LogP contribution in [0.15, 0.2) is 0 Å². The van der Waals surface area contributed by atoms with Crippen LogP contribution >= 0.6 is 11.6 Å². The van der Waals surface area contributed by atoms with Crippen molar-refractivity contribution in [2.45, 2.75) is 59.4 Å². The average Bonchev–Trinajstić information content (AvgIpc) is 2.98. The van der Waals surface area contributed by atoms with Crippen LogP contribution in [0.4, 0.5) is 0 Å². The van der Waals surface area contributed by atoms with E-state index in [1.165, 1.54) is 12.8 Å². The van der Waals surface area contributed by atoms with Gasteiger partial charge in [-0.3, -0.25) is 9.48 Å². The van der Waals surface area contributed by atoms with Crippen molar-refractivity contribution in [2.75, 3.05) is 0 Å². The molecule has 0 aromatic carbocycles. The lowest BCUT2D eigenvalue weighted by Gasteiger charge is -2.10. The summed E-state index contributed by atoms with van der Waals surface area (Å²) in [7, 11) is 0. The van der Waals surface area contributed by atoms with Gasteiger partial charge in [0.05, 0.1) is 22.8 Å². The minimum absolute atomic E-state index is 0.238. The number of hydrogen-bond donors (Lipinski definition) is 0. The van der Waals surface area contributed by atoms with Gasteiger partial charge in [-0.25, -0.2) is 0 Å². The van der Waals surface area contributed by atoms with E-state index in [0.29, 0.717) is 17.2 Å². The van der Waals surface area contributed by atoms with Gasteiger partial charge < -0.3 is 0 Å². The van der Waals surface area contributed by atoms with E-state index in [4.69, 9.17) is 11.6 Å². The molecule has 1 aromatic heterocycles. The fourth-order valence-electron chi connectivity index (χ4n) is 3.09. The predicted molar refractivity (Wildman–Crippen MR) is 77.5 cm³/mol. The van der Waals surface area contributed by atoms with E-state index in [-0.39, 0.29) is 5.92 Å². The molecular formula is C15H23ClN2O. The molecule has 1 saturated carbocycles. The molecule has 0 N–H and O–H groups in total. The van der Waals surface area contributed by atoms with Gasteiger partial charge in [0.25, 0.3) is 0 Å². The van der Waals surface area contributed by atoms with Gasteiger partial charge in [0, 0.05) is 12.5 Å². The number of ketones is 1. The molecule has 19 heavy (non-hydrogen) atoms. The average molecular weight is 283 g/mol. The Kier molecular flexibility index (Phi) is 4.67. The van der Waals surface area contributed by atoms with Gasteiger partial charge in [-0.05, 0) is 39.0 Å². The van der Waals surface area contributed by atoms with Crippen LogP contribution in [0.25, 0.3) is 0 Å². The number of aryl methyl sites for hydroxylation is 2. The van der Waals surface area contributed by atoms with Crippen molar-refractivity contribution in [3.63, 3.8) is 0 Å². The van der Waals surface area contributed by atoms with E-state index in [1.54, 1.807) is 0 Å². The number of aromatic nitrogens is 2. The molecule has 1 heterocycles. The van der Waals surface area contributed by atoms with Crippen molar-refractivity contribution in [3.05, 3.63) is 16.4 Å². The van der Waals surface area contributed by atoms with Crippen molar-refractivity contribution in [2.24, 2.45) is 11.8 Å². The molecule has 2 unspecified atom stereocenters. The molecule has 0 spiro atoms. The van der Waals surface area contributed by atoms with Gasteiger partial charge in [-0.15, -0.1) is 0 Å². The Hall–Kier alpha value is -0.830. The highest BCUT2D eigenvalue weighted by atomic mass is 35.5. The number of hydrogen-bond acceptors (Lipinski definition) is 2. The molecule has 3 nitrogen and oxygen atoms in total. The number of rotatable bonds is 5. The highest BCUT2D eigenvalue weighted by Gasteiger charge is 2.29. The first-order valence-corrected chi connectivity index (χ1v) is 7.69. The Bertz CT molecular complexity index is 467. The molecular weight excluding hydrogens is 260 g/mol. The lowest BCUT2D eigenvalue weighted by molar-refractivity contribution is -0.122. The molecule has 0 radical (unpaired) electrons. The molecule has 1 aliphatic carbocycles. The number of carbonyl (C=O) groups excluding carboxylic acids is 1. The third-order valence-electron chi connectivity index (χ3n) is 4.37. The molecule has 4 heteroatoms. The van der Waals surface area contributed by atoms with Crippen LogP contribution in [0.1, 0.15) is 50.9 Å². The Labute approximate surface area is 120 Å². The second-order valence-corrected chi connectivity index (χ2v) is 5.97. The smallest absolute Gasteiger partial charge is 0.141 e. The molecule has 2 atom stereocenters. The minimum Gasteiger partial charge on any atom is -0.299 e. The van der Waals surface area contributed by atoms with E-state index in [1.807, 2.05) is 18.5 Å². The largest absolute Gasteiger partial charge is 0.299 e. The topological polar surface area (TPSA) is 34.9 Å². The third kappa shape index (κ3) is 3.02. The van der Waals surface area contributed by atoms with Gasteiger partial charge in [0.2, 0.25) is 0 Å². The number of halogens is 1. The Morgan fingerprint density at radius 2 is 2.16 bits per heavy atom. The van der Waals surface area contributed by atoms with Crippen molar-refractivity contribution in [1.29, 1.82) is 0 Å². The van der Waals surface area contributed by atoms with Gasteiger partial charge in [0.1, 0.15) is 5.78 Å². The van der Waals surface area contributed by atoms with Crippen LogP contribution in [0.2, 0.25) is 5.02 Å². The Morgan fingerprint density at radius 1 is 1.42 bits per heavy atom. The fraction of sp³-hybridized carbons (Fsp3) is 0.733. The molecule has 106 valence electrons. The maximum absolute atomic E-state index is 12.4.